The molecule has 0 bridgehead atoms. The molecule has 1 saturated heterocycles. The van der Waals surface area contributed by atoms with Crippen LogP contribution in [0.1, 0.15) is 48.2 Å². The minimum Gasteiger partial charge on any atom is -0.339 e. The molecule has 0 saturated carbocycles. The van der Waals surface area contributed by atoms with Crippen LogP contribution in [0, 0.1) is 0 Å². The number of halogens is 1. The molecule has 0 N–H and O–H groups in total. The second kappa shape index (κ2) is 10.0. The summed E-state index contributed by atoms with van der Waals surface area (Å²) in [6.07, 6.45) is 2.15. The molecule has 1 fully saturated rings. The first-order valence-electron chi connectivity index (χ1n) is 10.2. The van der Waals surface area contributed by atoms with Gasteiger partial charge in [-0.05, 0) is 49.9 Å². The van der Waals surface area contributed by atoms with E-state index < -0.39 is 0 Å². The van der Waals surface area contributed by atoms with E-state index in [1.54, 1.807) is 0 Å². The fourth-order valence-corrected chi connectivity index (χ4v) is 4.36. The molecular weight excluding hydrogens is 412 g/mol. The van der Waals surface area contributed by atoms with Crippen LogP contribution in [0.4, 0.5) is 0 Å². The van der Waals surface area contributed by atoms with Crippen LogP contribution < -0.4 is 0 Å². The number of likely N-dealkylation sites (tertiary alicyclic amines) is 1. The summed E-state index contributed by atoms with van der Waals surface area (Å²) in [4.78, 5) is 16.8. The maximum atomic E-state index is 12.5. The van der Waals surface area contributed by atoms with Gasteiger partial charge in [-0.25, -0.2) is 0 Å². The van der Waals surface area contributed by atoms with E-state index in [1.807, 2.05) is 30.9 Å². The summed E-state index contributed by atoms with van der Waals surface area (Å²) < 4.78 is 1.19. The Bertz CT molecular complexity index is 800. The highest BCUT2D eigenvalue weighted by Gasteiger charge is 2.18. The van der Waals surface area contributed by atoms with E-state index in [9.17, 15) is 4.79 Å². The van der Waals surface area contributed by atoms with Gasteiger partial charge in [-0.2, -0.15) is 0 Å². The van der Waals surface area contributed by atoms with E-state index in [-0.39, 0.29) is 5.91 Å². The molecule has 2 aromatic rings. The second-order valence-corrected chi connectivity index (χ2v) is 8.03. The Labute approximate surface area is 177 Å². The van der Waals surface area contributed by atoms with Crippen molar-refractivity contribution in [2.45, 2.75) is 33.2 Å². The molecule has 0 radical (unpaired) electrons. The van der Waals surface area contributed by atoms with Crippen molar-refractivity contribution >= 4 is 26.3 Å². The van der Waals surface area contributed by atoms with Gasteiger partial charge in [0.25, 0.3) is 5.91 Å². The maximum Gasteiger partial charge on any atom is 0.253 e. The molecule has 148 valence electrons. The summed E-state index contributed by atoms with van der Waals surface area (Å²) >= 11 is 3.82. The number of carbonyl (C=O) groups is 1. The van der Waals surface area contributed by atoms with Gasteiger partial charge in [0.1, 0.15) is 0 Å². The summed E-state index contributed by atoms with van der Waals surface area (Å²) in [7, 11) is 0. The molecule has 0 atom stereocenters. The molecule has 0 spiro atoms. The predicted octanol–water partition coefficient (Wildman–Crippen LogP) is 5.57. The third-order valence-corrected chi connectivity index (χ3v) is 6.47. The van der Waals surface area contributed by atoms with E-state index in [2.05, 4.69) is 63.3 Å². The summed E-state index contributed by atoms with van der Waals surface area (Å²) in [5.41, 5.74) is 4.76. The number of carbonyl (C=O) groups excluding carboxylic acids is 1. The molecule has 3 nitrogen and oxygen atoms in total. The van der Waals surface area contributed by atoms with Crippen LogP contribution in [-0.4, -0.2) is 41.9 Å². The van der Waals surface area contributed by atoms with Crippen molar-refractivity contribution in [1.29, 1.82) is 0 Å². The van der Waals surface area contributed by atoms with Crippen molar-refractivity contribution in [1.82, 2.24) is 9.80 Å². The Morgan fingerprint density at radius 2 is 1.50 bits per heavy atom. The largest absolute Gasteiger partial charge is 0.339 e. The number of hydrogen-bond donors (Lipinski definition) is 0. The van der Waals surface area contributed by atoms with Gasteiger partial charge in [-0.3, -0.25) is 9.69 Å². The predicted molar refractivity (Wildman–Crippen MR) is 120 cm³/mol. The zero-order chi connectivity index (χ0) is 19.9. The highest BCUT2D eigenvalue weighted by Crippen LogP contribution is 2.32. The maximum absolute atomic E-state index is 12.5. The highest BCUT2D eigenvalue weighted by molar-refractivity contribution is 9.15. The first-order chi connectivity index (χ1) is 13.6. The van der Waals surface area contributed by atoms with Crippen molar-refractivity contribution in [3.8, 4) is 0 Å². The van der Waals surface area contributed by atoms with E-state index in [4.69, 9.17) is 0 Å². The van der Waals surface area contributed by atoms with Gasteiger partial charge < -0.3 is 4.90 Å². The van der Waals surface area contributed by atoms with Gasteiger partial charge in [0.05, 0.1) is 0 Å². The van der Waals surface area contributed by atoms with Crippen LogP contribution >= 0.6 is 15.9 Å². The Kier molecular flexibility index (Phi) is 7.46. The van der Waals surface area contributed by atoms with Gasteiger partial charge >= 0.3 is 0 Å². The van der Waals surface area contributed by atoms with Crippen LogP contribution in [-0.2, 0) is 6.54 Å². The number of nitrogens with zero attached hydrogens (tertiary/aromatic N) is 2. The Hall–Kier alpha value is -1.91. The zero-order valence-corrected chi connectivity index (χ0v) is 18.4. The van der Waals surface area contributed by atoms with Crippen LogP contribution in [0.2, 0.25) is 0 Å². The lowest BCUT2D eigenvalue weighted by Crippen LogP contribution is -2.30. The summed E-state index contributed by atoms with van der Waals surface area (Å²) in [6, 6.07) is 18.7. The van der Waals surface area contributed by atoms with Gasteiger partial charge in [-0.1, -0.05) is 64.0 Å². The first kappa shape index (κ1) is 20.8. The smallest absolute Gasteiger partial charge is 0.253 e. The molecule has 1 heterocycles. The Morgan fingerprint density at radius 1 is 0.929 bits per heavy atom. The van der Waals surface area contributed by atoms with E-state index in [1.165, 1.54) is 15.6 Å². The van der Waals surface area contributed by atoms with Crippen LogP contribution in [0.3, 0.4) is 0 Å². The Balaban J connectivity index is 1.63. The topological polar surface area (TPSA) is 23.6 Å². The number of piperidine rings is 1. The molecule has 2 aromatic carbocycles. The molecule has 1 amide bonds. The number of benzene rings is 2. The van der Waals surface area contributed by atoms with Gasteiger partial charge in [-0.15, -0.1) is 0 Å². The van der Waals surface area contributed by atoms with Crippen LogP contribution in [0.25, 0.3) is 4.48 Å². The van der Waals surface area contributed by atoms with Crippen molar-refractivity contribution in [3.05, 3.63) is 76.9 Å². The number of amides is 1. The van der Waals surface area contributed by atoms with E-state index in [0.717, 1.165) is 56.7 Å². The average molecular weight is 441 g/mol. The van der Waals surface area contributed by atoms with Gasteiger partial charge in [0.15, 0.2) is 0 Å². The molecule has 28 heavy (non-hydrogen) atoms. The number of rotatable bonds is 6. The van der Waals surface area contributed by atoms with Crippen molar-refractivity contribution in [3.63, 3.8) is 0 Å². The van der Waals surface area contributed by atoms with Gasteiger partial charge in [0, 0.05) is 42.8 Å². The molecule has 4 heteroatoms. The summed E-state index contributed by atoms with van der Waals surface area (Å²) in [5, 5.41) is 0. The van der Waals surface area contributed by atoms with E-state index >= 15 is 0 Å². The normalized spacial score (nSPS) is 14.8. The fourth-order valence-electron chi connectivity index (χ4n) is 3.70. The third-order valence-electron chi connectivity index (χ3n) is 5.45. The third kappa shape index (κ3) is 5.12. The van der Waals surface area contributed by atoms with Crippen LogP contribution in [0.5, 0.6) is 0 Å². The lowest BCUT2D eigenvalue weighted by atomic mass is 9.99. The van der Waals surface area contributed by atoms with Crippen molar-refractivity contribution in [2.24, 2.45) is 0 Å². The molecular formula is C24H29BrN2O. The monoisotopic (exact) mass is 440 g/mol. The highest BCUT2D eigenvalue weighted by atomic mass is 79.9. The Morgan fingerprint density at radius 3 is 2.07 bits per heavy atom. The minimum atomic E-state index is 0.106. The van der Waals surface area contributed by atoms with Crippen molar-refractivity contribution in [2.75, 3.05) is 26.2 Å². The average Bonchev–Trinajstić information content (AvgIpc) is 2.75. The van der Waals surface area contributed by atoms with Crippen LogP contribution in [0.15, 0.2) is 60.2 Å². The number of hydrogen-bond acceptors (Lipinski definition) is 2. The molecule has 0 aliphatic carbocycles. The standard InChI is InChI=1S/C24H29BrN2O/c1-3-27(4-2)24(28)22-12-10-20(11-13-22)23(25)21-14-16-26(17-15-21)18-19-8-6-5-7-9-19/h5-13H,3-4,14-18H2,1-2H3. The molecule has 0 aromatic heterocycles. The lowest BCUT2D eigenvalue weighted by Gasteiger charge is -2.29. The molecule has 3 rings (SSSR count). The lowest BCUT2D eigenvalue weighted by molar-refractivity contribution is 0.0773. The van der Waals surface area contributed by atoms with Gasteiger partial charge in [0.2, 0.25) is 0 Å². The van der Waals surface area contributed by atoms with Crippen molar-refractivity contribution < 1.29 is 4.79 Å². The molecule has 0 unspecified atom stereocenters. The summed E-state index contributed by atoms with van der Waals surface area (Å²) in [6.45, 7) is 8.69. The molecule has 1 aliphatic rings. The van der Waals surface area contributed by atoms with E-state index in [0.29, 0.717) is 0 Å². The fraction of sp³-hybridized carbons (Fsp3) is 0.375. The quantitative estimate of drug-likeness (QED) is 0.585. The zero-order valence-electron chi connectivity index (χ0n) is 16.8. The molecule has 1 aliphatic heterocycles. The first-order valence-corrected chi connectivity index (χ1v) is 10.9. The SMILES string of the molecule is CCN(CC)C(=O)c1ccc(C(Br)=C2CCN(Cc3ccccc3)CC2)cc1. The minimum absolute atomic E-state index is 0.106. The second-order valence-electron chi connectivity index (χ2n) is 7.23. The summed E-state index contributed by atoms with van der Waals surface area (Å²) in [5.74, 6) is 0.106.